The van der Waals surface area contributed by atoms with Crippen molar-refractivity contribution in [2.24, 2.45) is 0 Å². The van der Waals surface area contributed by atoms with Crippen LogP contribution in [0.15, 0.2) is 54.9 Å². The molecule has 0 atom stereocenters. The van der Waals surface area contributed by atoms with Crippen molar-refractivity contribution in [1.82, 2.24) is 9.78 Å². The molecule has 0 radical (unpaired) electrons. The third-order valence-electron chi connectivity index (χ3n) is 3.34. The number of rotatable bonds is 2. The Bertz CT molecular complexity index is 759. The summed E-state index contributed by atoms with van der Waals surface area (Å²) in [5.41, 5.74) is 5.16. The van der Waals surface area contributed by atoms with Gasteiger partial charge < -0.3 is 0 Å². The van der Waals surface area contributed by atoms with Gasteiger partial charge in [-0.2, -0.15) is 5.10 Å². The molecule has 0 amide bonds. The van der Waals surface area contributed by atoms with Crippen LogP contribution in [0.3, 0.4) is 0 Å². The molecule has 0 saturated heterocycles. The van der Waals surface area contributed by atoms with Crippen molar-refractivity contribution in [2.45, 2.75) is 13.8 Å². The van der Waals surface area contributed by atoms with Crippen LogP contribution in [-0.4, -0.2) is 9.78 Å². The highest BCUT2D eigenvalue weighted by atomic mass is 19.1. The minimum absolute atomic E-state index is 0.225. The molecule has 0 aliphatic heterocycles. The van der Waals surface area contributed by atoms with E-state index in [-0.39, 0.29) is 5.82 Å². The van der Waals surface area contributed by atoms with Crippen LogP contribution in [0.2, 0.25) is 0 Å². The van der Waals surface area contributed by atoms with Gasteiger partial charge in [-0.3, -0.25) is 0 Å². The Hall–Kier alpha value is -2.42. The third kappa shape index (κ3) is 2.35. The molecule has 0 aliphatic rings. The molecule has 0 fully saturated rings. The molecule has 3 aromatic rings. The van der Waals surface area contributed by atoms with Crippen LogP contribution in [-0.2, 0) is 0 Å². The van der Waals surface area contributed by atoms with E-state index in [0.29, 0.717) is 0 Å². The lowest BCUT2D eigenvalue weighted by atomic mass is 10.1. The smallest absolute Gasteiger partial charge is 0.123 e. The van der Waals surface area contributed by atoms with Crippen LogP contribution < -0.4 is 0 Å². The predicted octanol–water partition coefficient (Wildman–Crippen LogP) is 4.30. The van der Waals surface area contributed by atoms with E-state index in [1.54, 1.807) is 10.7 Å². The van der Waals surface area contributed by atoms with Crippen LogP contribution in [0.25, 0.3) is 16.8 Å². The van der Waals surface area contributed by atoms with Crippen molar-refractivity contribution in [1.29, 1.82) is 0 Å². The topological polar surface area (TPSA) is 17.8 Å². The third-order valence-corrected chi connectivity index (χ3v) is 3.34. The normalized spacial score (nSPS) is 10.8. The number of hydrogen-bond donors (Lipinski definition) is 0. The molecule has 0 N–H and O–H groups in total. The molecule has 20 heavy (non-hydrogen) atoms. The highest BCUT2D eigenvalue weighted by Gasteiger charge is 2.06. The van der Waals surface area contributed by atoms with Crippen LogP contribution in [0, 0.1) is 19.7 Å². The van der Waals surface area contributed by atoms with Crippen molar-refractivity contribution in [3.05, 3.63) is 71.8 Å². The summed E-state index contributed by atoms with van der Waals surface area (Å²) in [6, 6.07) is 13.0. The Labute approximate surface area is 117 Å². The number of aryl methyl sites for hydroxylation is 2. The minimum atomic E-state index is -0.225. The second-order valence-electron chi connectivity index (χ2n) is 4.97. The fourth-order valence-corrected chi connectivity index (χ4v) is 2.30. The van der Waals surface area contributed by atoms with Crippen LogP contribution in [0.1, 0.15) is 11.1 Å². The monoisotopic (exact) mass is 266 g/mol. The summed E-state index contributed by atoms with van der Waals surface area (Å²) in [5.74, 6) is -0.225. The lowest BCUT2D eigenvalue weighted by Crippen LogP contribution is -1.97. The molecule has 1 aromatic heterocycles. The van der Waals surface area contributed by atoms with Gasteiger partial charge in [-0.25, -0.2) is 9.07 Å². The largest absolute Gasteiger partial charge is 0.240 e. The first kappa shape index (κ1) is 12.6. The van der Waals surface area contributed by atoms with E-state index in [1.807, 2.05) is 25.4 Å². The Morgan fingerprint density at radius 1 is 1.00 bits per heavy atom. The molecule has 0 spiro atoms. The number of halogens is 1. The molecular weight excluding hydrogens is 251 g/mol. The van der Waals surface area contributed by atoms with Gasteiger partial charge >= 0.3 is 0 Å². The van der Waals surface area contributed by atoms with E-state index in [0.717, 1.165) is 22.4 Å². The molecule has 2 nitrogen and oxygen atoms in total. The van der Waals surface area contributed by atoms with E-state index in [1.165, 1.54) is 17.7 Å². The quantitative estimate of drug-likeness (QED) is 0.676. The molecule has 2 aromatic carbocycles. The standard InChI is InChI=1S/C17H15FN2/c1-12-4-3-5-14(8-12)15-10-19-20(11-15)17-7-6-16(18)9-13(17)2/h3-11H,1-2H3. The van der Waals surface area contributed by atoms with Gasteiger partial charge in [0, 0.05) is 11.8 Å². The Morgan fingerprint density at radius 3 is 2.60 bits per heavy atom. The molecule has 0 unspecified atom stereocenters. The molecule has 100 valence electrons. The zero-order valence-electron chi connectivity index (χ0n) is 11.5. The summed E-state index contributed by atoms with van der Waals surface area (Å²) in [6.45, 7) is 3.95. The summed E-state index contributed by atoms with van der Waals surface area (Å²) < 4.78 is 14.9. The lowest BCUT2D eigenvalue weighted by molar-refractivity contribution is 0.625. The minimum Gasteiger partial charge on any atom is -0.240 e. The first-order chi connectivity index (χ1) is 9.63. The Morgan fingerprint density at radius 2 is 1.85 bits per heavy atom. The maximum atomic E-state index is 13.1. The summed E-state index contributed by atoms with van der Waals surface area (Å²) in [4.78, 5) is 0. The summed E-state index contributed by atoms with van der Waals surface area (Å²) in [6.07, 6.45) is 3.80. The molecule has 3 rings (SSSR count). The van der Waals surface area contributed by atoms with Gasteiger partial charge in [0.25, 0.3) is 0 Å². The number of benzene rings is 2. The lowest BCUT2D eigenvalue weighted by Gasteiger charge is -2.05. The second-order valence-corrected chi connectivity index (χ2v) is 4.97. The molecule has 0 aliphatic carbocycles. The SMILES string of the molecule is Cc1cccc(-c2cnn(-c3ccc(F)cc3C)c2)c1. The maximum absolute atomic E-state index is 13.1. The van der Waals surface area contributed by atoms with Gasteiger partial charge in [-0.1, -0.05) is 29.8 Å². The van der Waals surface area contributed by atoms with E-state index in [4.69, 9.17) is 0 Å². The maximum Gasteiger partial charge on any atom is 0.123 e. The second kappa shape index (κ2) is 4.93. The highest BCUT2D eigenvalue weighted by molar-refractivity contribution is 5.63. The molecule has 3 heteroatoms. The molecule has 0 bridgehead atoms. The summed E-state index contributed by atoms with van der Waals surface area (Å²) in [5, 5.41) is 4.38. The Kier molecular flexibility index (Phi) is 3.11. The van der Waals surface area contributed by atoms with E-state index >= 15 is 0 Å². The summed E-state index contributed by atoms with van der Waals surface area (Å²) in [7, 11) is 0. The first-order valence-electron chi connectivity index (χ1n) is 6.52. The van der Waals surface area contributed by atoms with E-state index < -0.39 is 0 Å². The highest BCUT2D eigenvalue weighted by Crippen LogP contribution is 2.22. The molecule has 1 heterocycles. The molecular formula is C17H15FN2. The van der Waals surface area contributed by atoms with Crippen LogP contribution >= 0.6 is 0 Å². The number of nitrogens with zero attached hydrogens (tertiary/aromatic N) is 2. The number of hydrogen-bond acceptors (Lipinski definition) is 1. The zero-order valence-corrected chi connectivity index (χ0v) is 11.5. The van der Waals surface area contributed by atoms with Crippen molar-refractivity contribution in [3.8, 4) is 16.8 Å². The fraction of sp³-hybridized carbons (Fsp3) is 0.118. The van der Waals surface area contributed by atoms with Gasteiger partial charge in [0.1, 0.15) is 5.82 Å². The van der Waals surface area contributed by atoms with Crippen molar-refractivity contribution in [3.63, 3.8) is 0 Å². The average Bonchev–Trinajstić information content (AvgIpc) is 2.88. The van der Waals surface area contributed by atoms with E-state index in [9.17, 15) is 4.39 Å². The zero-order chi connectivity index (χ0) is 14.1. The van der Waals surface area contributed by atoms with Gasteiger partial charge in [-0.15, -0.1) is 0 Å². The first-order valence-corrected chi connectivity index (χ1v) is 6.52. The fourth-order valence-electron chi connectivity index (χ4n) is 2.30. The van der Waals surface area contributed by atoms with Crippen molar-refractivity contribution >= 4 is 0 Å². The van der Waals surface area contributed by atoms with E-state index in [2.05, 4.69) is 30.2 Å². The van der Waals surface area contributed by atoms with Gasteiger partial charge in [-0.05, 0) is 43.2 Å². The van der Waals surface area contributed by atoms with Crippen molar-refractivity contribution < 1.29 is 4.39 Å². The Balaban J connectivity index is 2.02. The average molecular weight is 266 g/mol. The van der Waals surface area contributed by atoms with Gasteiger partial charge in [0.2, 0.25) is 0 Å². The van der Waals surface area contributed by atoms with Crippen LogP contribution in [0.4, 0.5) is 4.39 Å². The van der Waals surface area contributed by atoms with Crippen molar-refractivity contribution in [2.75, 3.05) is 0 Å². The van der Waals surface area contributed by atoms with Gasteiger partial charge in [0.05, 0.1) is 11.9 Å². The predicted molar refractivity (Wildman–Crippen MR) is 78.4 cm³/mol. The van der Waals surface area contributed by atoms with Gasteiger partial charge in [0.15, 0.2) is 0 Å². The summed E-state index contributed by atoms with van der Waals surface area (Å²) >= 11 is 0. The van der Waals surface area contributed by atoms with Crippen LogP contribution in [0.5, 0.6) is 0 Å². The molecule has 0 saturated carbocycles. The number of aromatic nitrogens is 2.